The molecule has 0 fully saturated rings. The lowest BCUT2D eigenvalue weighted by Gasteiger charge is -2.11. The number of primary amides is 1. The Morgan fingerprint density at radius 1 is 1.21 bits per heavy atom. The number of imidazole rings is 1. The van der Waals surface area contributed by atoms with Gasteiger partial charge in [-0.2, -0.15) is 0 Å². The predicted octanol–water partition coefficient (Wildman–Crippen LogP) is 2.97. The molecule has 7 nitrogen and oxygen atoms in total. The molecular weight excluding hydrogens is 375 g/mol. The first kappa shape index (κ1) is 20.8. The number of amides is 1. The van der Waals surface area contributed by atoms with E-state index in [0.29, 0.717) is 37.8 Å². The Morgan fingerprint density at radius 2 is 1.97 bits per heavy atom. The number of hydrogen-bond acceptors (Lipinski definition) is 5. The smallest absolute Gasteiger partial charge is 0.231 e. The number of nitrogens with zero attached hydrogens (tertiary/aromatic N) is 2. The zero-order valence-electron chi connectivity index (χ0n) is 16.4. The van der Waals surface area contributed by atoms with Gasteiger partial charge in [-0.1, -0.05) is 0 Å². The molecule has 8 heteroatoms. The molecule has 0 aliphatic rings. The van der Waals surface area contributed by atoms with Gasteiger partial charge in [0.05, 0.1) is 24.1 Å². The average Bonchev–Trinajstić information content (AvgIpc) is 3.03. The van der Waals surface area contributed by atoms with Crippen LogP contribution in [0.25, 0.3) is 11.0 Å². The molecule has 3 aromatic rings. The summed E-state index contributed by atoms with van der Waals surface area (Å²) in [6, 6.07) is 11.5. The van der Waals surface area contributed by atoms with Crippen molar-refractivity contribution in [1.29, 1.82) is 0 Å². The maximum absolute atomic E-state index is 13.1. The Bertz CT molecular complexity index is 956. The van der Waals surface area contributed by atoms with Gasteiger partial charge >= 0.3 is 0 Å². The van der Waals surface area contributed by atoms with E-state index in [-0.39, 0.29) is 12.4 Å². The van der Waals surface area contributed by atoms with E-state index in [4.69, 9.17) is 15.2 Å². The molecule has 0 bridgehead atoms. The molecule has 0 unspecified atom stereocenters. The third kappa shape index (κ3) is 5.75. The third-order valence-corrected chi connectivity index (χ3v) is 4.30. The molecule has 0 aliphatic carbocycles. The van der Waals surface area contributed by atoms with Gasteiger partial charge in [-0.15, -0.1) is 0 Å². The van der Waals surface area contributed by atoms with Crippen LogP contribution in [0.2, 0.25) is 0 Å². The van der Waals surface area contributed by atoms with Crippen LogP contribution in [0.4, 0.5) is 4.39 Å². The summed E-state index contributed by atoms with van der Waals surface area (Å²) in [6.45, 7) is 4.50. The highest BCUT2D eigenvalue weighted by molar-refractivity contribution is 5.78. The molecule has 3 N–H and O–H groups in total. The van der Waals surface area contributed by atoms with Gasteiger partial charge in [0.2, 0.25) is 5.91 Å². The van der Waals surface area contributed by atoms with Crippen LogP contribution in [-0.4, -0.2) is 35.2 Å². The fraction of sp³-hybridized carbons (Fsp3) is 0.333. The lowest BCUT2D eigenvalue weighted by atomic mass is 10.3. The first-order chi connectivity index (χ1) is 14.1. The van der Waals surface area contributed by atoms with Gasteiger partial charge in [-0.25, -0.2) is 9.37 Å². The van der Waals surface area contributed by atoms with E-state index in [0.717, 1.165) is 23.3 Å². The molecule has 29 heavy (non-hydrogen) atoms. The summed E-state index contributed by atoms with van der Waals surface area (Å²) in [7, 11) is 0. The Balaban J connectivity index is 1.84. The standard InChI is InChI=1S/C21H25FN4O3/c1-2-28-11-3-10-26-19-12-17(29-16-6-4-15(22)5-7-16)8-9-18(19)25-21(26)14-24-13-20(23)27/h4-9,12,24H,2-3,10-11,13-14H2,1H3,(H2,23,27). The zero-order chi connectivity index (χ0) is 20.6. The number of ether oxygens (including phenoxy) is 2. The summed E-state index contributed by atoms with van der Waals surface area (Å²) in [4.78, 5) is 15.7. The number of hydrogen-bond donors (Lipinski definition) is 2. The Morgan fingerprint density at radius 3 is 2.69 bits per heavy atom. The van der Waals surface area contributed by atoms with Crippen molar-refractivity contribution < 1.29 is 18.7 Å². The van der Waals surface area contributed by atoms with E-state index in [1.807, 2.05) is 25.1 Å². The molecule has 1 heterocycles. The minimum absolute atomic E-state index is 0.0844. The monoisotopic (exact) mass is 400 g/mol. The van der Waals surface area contributed by atoms with Gasteiger partial charge in [0.25, 0.3) is 0 Å². The lowest BCUT2D eigenvalue weighted by Crippen LogP contribution is -2.29. The van der Waals surface area contributed by atoms with Gasteiger partial charge in [0.1, 0.15) is 23.1 Å². The molecule has 0 saturated carbocycles. The number of nitrogens with two attached hydrogens (primary N) is 1. The summed E-state index contributed by atoms with van der Waals surface area (Å²) < 4.78 is 26.5. The van der Waals surface area contributed by atoms with Crippen molar-refractivity contribution in [2.75, 3.05) is 19.8 Å². The van der Waals surface area contributed by atoms with Crippen molar-refractivity contribution in [2.45, 2.75) is 26.4 Å². The molecule has 3 rings (SSSR count). The van der Waals surface area contributed by atoms with Crippen molar-refractivity contribution >= 4 is 16.9 Å². The first-order valence-electron chi connectivity index (χ1n) is 9.56. The van der Waals surface area contributed by atoms with E-state index < -0.39 is 5.91 Å². The topological polar surface area (TPSA) is 91.4 Å². The van der Waals surface area contributed by atoms with Crippen LogP contribution in [0.1, 0.15) is 19.2 Å². The largest absolute Gasteiger partial charge is 0.457 e. The highest BCUT2D eigenvalue weighted by Crippen LogP contribution is 2.27. The number of aryl methyl sites for hydroxylation is 1. The molecule has 0 atom stereocenters. The number of benzene rings is 2. The lowest BCUT2D eigenvalue weighted by molar-refractivity contribution is -0.117. The molecule has 0 spiro atoms. The second-order valence-corrected chi connectivity index (χ2v) is 6.51. The average molecular weight is 400 g/mol. The molecule has 0 aliphatic heterocycles. The van der Waals surface area contributed by atoms with Crippen molar-refractivity contribution in [3.63, 3.8) is 0 Å². The number of rotatable bonds is 11. The van der Waals surface area contributed by atoms with Gasteiger partial charge in [0, 0.05) is 25.8 Å². The highest BCUT2D eigenvalue weighted by atomic mass is 19.1. The number of fused-ring (bicyclic) bond motifs is 1. The van der Waals surface area contributed by atoms with E-state index in [2.05, 4.69) is 14.9 Å². The molecule has 0 saturated heterocycles. The summed E-state index contributed by atoms with van der Waals surface area (Å²) >= 11 is 0. The van der Waals surface area contributed by atoms with Crippen LogP contribution in [0.5, 0.6) is 11.5 Å². The molecule has 2 aromatic carbocycles. The maximum atomic E-state index is 13.1. The van der Waals surface area contributed by atoms with Crippen molar-refractivity contribution in [3.8, 4) is 11.5 Å². The number of carbonyl (C=O) groups is 1. The second kappa shape index (κ2) is 9.99. The fourth-order valence-electron chi connectivity index (χ4n) is 3.01. The predicted molar refractivity (Wildman–Crippen MR) is 108 cm³/mol. The first-order valence-corrected chi connectivity index (χ1v) is 9.56. The highest BCUT2D eigenvalue weighted by Gasteiger charge is 2.12. The second-order valence-electron chi connectivity index (χ2n) is 6.51. The van der Waals surface area contributed by atoms with Crippen molar-refractivity contribution in [1.82, 2.24) is 14.9 Å². The normalized spacial score (nSPS) is 11.1. The SMILES string of the molecule is CCOCCCn1c(CNCC(N)=O)nc2ccc(Oc3ccc(F)cc3)cc21. The van der Waals surface area contributed by atoms with Gasteiger partial charge in [-0.05, 0) is 49.7 Å². The maximum Gasteiger partial charge on any atom is 0.231 e. The quantitative estimate of drug-likeness (QED) is 0.483. The van der Waals surface area contributed by atoms with E-state index >= 15 is 0 Å². The van der Waals surface area contributed by atoms with Gasteiger partial charge in [-0.3, -0.25) is 4.79 Å². The van der Waals surface area contributed by atoms with E-state index in [1.165, 1.54) is 12.1 Å². The van der Waals surface area contributed by atoms with Crippen LogP contribution < -0.4 is 15.8 Å². The van der Waals surface area contributed by atoms with Gasteiger partial charge in [0.15, 0.2) is 0 Å². The minimum atomic E-state index is -0.418. The Hall–Kier alpha value is -2.97. The summed E-state index contributed by atoms with van der Waals surface area (Å²) in [5.41, 5.74) is 6.94. The van der Waals surface area contributed by atoms with Crippen molar-refractivity contribution in [2.24, 2.45) is 5.73 Å². The molecule has 1 aromatic heterocycles. The minimum Gasteiger partial charge on any atom is -0.457 e. The summed E-state index contributed by atoms with van der Waals surface area (Å²) in [6.07, 6.45) is 0.825. The Kier molecular flexibility index (Phi) is 7.15. The zero-order valence-corrected chi connectivity index (χ0v) is 16.4. The Labute approximate surface area is 168 Å². The summed E-state index contributed by atoms with van der Waals surface area (Å²) in [5, 5.41) is 3.01. The molecule has 0 radical (unpaired) electrons. The molecule has 1 amide bonds. The van der Waals surface area contributed by atoms with Crippen LogP contribution in [-0.2, 0) is 22.6 Å². The number of nitrogens with one attached hydrogen (secondary N) is 1. The van der Waals surface area contributed by atoms with Crippen LogP contribution in [0.15, 0.2) is 42.5 Å². The number of aromatic nitrogens is 2. The molecular formula is C21H25FN4O3. The fourth-order valence-corrected chi connectivity index (χ4v) is 3.01. The van der Waals surface area contributed by atoms with Crippen LogP contribution in [0.3, 0.4) is 0 Å². The third-order valence-electron chi connectivity index (χ3n) is 4.30. The van der Waals surface area contributed by atoms with E-state index in [1.54, 1.807) is 12.1 Å². The van der Waals surface area contributed by atoms with Crippen LogP contribution >= 0.6 is 0 Å². The van der Waals surface area contributed by atoms with E-state index in [9.17, 15) is 9.18 Å². The number of halogens is 1. The van der Waals surface area contributed by atoms with Crippen LogP contribution in [0, 0.1) is 5.82 Å². The molecule has 154 valence electrons. The summed E-state index contributed by atoms with van der Waals surface area (Å²) in [5.74, 6) is 1.26. The van der Waals surface area contributed by atoms with Crippen molar-refractivity contribution in [3.05, 3.63) is 54.1 Å². The number of carbonyl (C=O) groups excluding carboxylic acids is 1. The van der Waals surface area contributed by atoms with Gasteiger partial charge < -0.3 is 25.1 Å².